The Bertz CT molecular complexity index is 301. The van der Waals surface area contributed by atoms with Crippen molar-refractivity contribution >= 4 is 15.8 Å². The monoisotopic (exact) mass is 190 g/mol. The average molecular weight is 190 g/mol. The Morgan fingerprint density at radius 1 is 1.67 bits per heavy atom. The minimum atomic E-state index is -3.04. The lowest BCUT2D eigenvalue weighted by Crippen LogP contribution is -2.11. The second kappa shape index (κ2) is 3.26. The SMILES string of the molecule is COC(=O)C[C@H]1C=CS(=O)(=O)C1. The first-order valence-corrected chi connectivity index (χ1v) is 5.23. The van der Waals surface area contributed by atoms with E-state index < -0.39 is 9.84 Å². The number of hydrogen-bond acceptors (Lipinski definition) is 4. The number of hydrogen-bond donors (Lipinski definition) is 0. The molecule has 0 radical (unpaired) electrons. The molecule has 1 heterocycles. The van der Waals surface area contributed by atoms with E-state index in [1.165, 1.54) is 13.2 Å². The normalized spacial score (nSPS) is 25.6. The highest BCUT2D eigenvalue weighted by Crippen LogP contribution is 2.18. The van der Waals surface area contributed by atoms with Crippen LogP contribution in [-0.4, -0.2) is 27.2 Å². The van der Waals surface area contributed by atoms with E-state index in [4.69, 9.17) is 0 Å². The molecule has 68 valence electrons. The molecule has 5 heteroatoms. The molecule has 0 aromatic carbocycles. The molecule has 0 aliphatic carbocycles. The van der Waals surface area contributed by atoms with Gasteiger partial charge in [-0.15, -0.1) is 0 Å². The molecular weight excluding hydrogens is 180 g/mol. The maximum atomic E-state index is 10.9. The second-order valence-corrected chi connectivity index (χ2v) is 4.63. The van der Waals surface area contributed by atoms with Crippen LogP contribution in [0.15, 0.2) is 11.5 Å². The molecule has 0 saturated carbocycles. The molecule has 0 N–H and O–H groups in total. The van der Waals surface area contributed by atoms with Gasteiger partial charge >= 0.3 is 5.97 Å². The number of ether oxygens (including phenoxy) is 1. The Labute approximate surface area is 71.1 Å². The average Bonchev–Trinajstić information content (AvgIpc) is 2.30. The molecule has 0 amide bonds. The van der Waals surface area contributed by atoms with Crippen LogP contribution in [0, 0.1) is 5.92 Å². The quantitative estimate of drug-likeness (QED) is 0.580. The standard InChI is InChI=1S/C7H10O4S/c1-11-7(8)4-6-2-3-12(9,10)5-6/h2-3,6H,4-5H2,1H3/t6-/m1/s1. The molecule has 1 aliphatic rings. The molecule has 1 aliphatic heterocycles. The lowest BCUT2D eigenvalue weighted by Gasteiger charge is -2.03. The van der Waals surface area contributed by atoms with Gasteiger partial charge in [0.1, 0.15) is 0 Å². The van der Waals surface area contributed by atoms with Crippen LogP contribution >= 0.6 is 0 Å². The molecule has 12 heavy (non-hydrogen) atoms. The number of allylic oxidation sites excluding steroid dienone is 1. The third-order valence-corrected chi connectivity index (χ3v) is 3.13. The number of sulfone groups is 1. The summed E-state index contributed by atoms with van der Waals surface area (Å²) in [5.74, 6) is -0.550. The zero-order valence-corrected chi connectivity index (χ0v) is 7.50. The maximum absolute atomic E-state index is 10.9. The zero-order valence-electron chi connectivity index (χ0n) is 6.69. The summed E-state index contributed by atoms with van der Waals surface area (Å²) in [4.78, 5) is 10.7. The number of rotatable bonds is 2. The Kier molecular flexibility index (Phi) is 2.52. The number of methoxy groups -OCH3 is 1. The van der Waals surface area contributed by atoms with E-state index in [2.05, 4.69) is 4.74 Å². The summed E-state index contributed by atoms with van der Waals surface area (Å²) in [5.41, 5.74) is 0. The van der Waals surface area contributed by atoms with Crippen LogP contribution in [0.25, 0.3) is 0 Å². The Morgan fingerprint density at radius 3 is 2.75 bits per heavy atom. The van der Waals surface area contributed by atoms with E-state index in [9.17, 15) is 13.2 Å². The third kappa shape index (κ3) is 2.34. The lowest BCUT2D eigenvalue weighted by atomic mass is 10.1. The lowest BCUT2D eigenvalue weighted by molar-refractivity contribution is -0.141. The van der Waals surface area contributed by atoms with Crippen LogP contribution in [0.1, 0.15) is 6.42 Å². The summed E-state index contributed by atoms with van der Waals surface area (Å²) >= 11 is 0. The second-order valence-electron chi connectivity index (χ2n) is 2.70. The summed E-state index contributed by atoms with van der Waals surface area (Å²) in [7, 11) is -1.75. The van der Waals surface area contributed by atoms with Gasteiger partial charge in [0.15, 0.2) is 9.84 Å². The molecule has 0 spiro atoms. The van der Waals surface area contributed by atoms with E-state index >= 15 is 0 Å². The van der Waals surface area contributed by atoms with Gasteiger partial charge in [-0.05, 0) is 0 Å². The molecule has 0 saturated heterocycles. The summed E-state index contributed by atoms with van der Waals surface area (Å²) in [6.45, 7) is 0. The van der Waals surface area contributed by atoms with E-state index in [0.717, 1.165) is 5.41 Å². The van der Waals surface area contributed by atoms with Crippen molar-refractivity contribution in [1.29, 1.82) is 0 Å². The van der Waals surface area contributed by atoms with Gasteiger partial charge in [0.05, 0.1) is 19.3 Å². The summed E-state index contributed by atoms with van der Waals surface area (Å²) in [6, 6.07) is 0. The molecule has 0 aromatic heterocycles. The number of carbonyl (C=O) groups is 1. The van der Waals surface area contributed by atoms with Crippen molar-refractivity contribution in [2.45, 2.75) is 6.42 Å². The Hall–Kier alpha value is -0.840. The van der Waals surface area contributed by atoms with Crippen LogP contribution in [0.4, 0.5) is 0 Å². The van der Waals surface area contributed by atoms with Gasteiger partial charge in [-0.1, -0.05) is 6.08 Å². The highest BCUT2D eigenvalue weighted by Gasteiger charge is 2.23. The number of esters is 1. The highest BCUT2D eigenvalue weighted by molar-refractivity contribution is 7.94. The molecule has 0 bridgehead atoms. The van der Waals surface area contributed by atoms with Crippen molar-refractivity contribution in [1.82, 2.24) is 0 Å². The first-order valence-electron chi connectivity index (χ1n) is 3.51. The van der Waals surface area contributed by atoms with Gasteiger partial charge in [0.25, 0.3) is 0 Å². The molecular formula is C7H10O4S. The van der Waals surface area contributed by atoms with Gasteiger partial charge in [0, 0.05) is 11.3 Å². The topological polar surface area (TPSA) is 60.4 Å². The smallest absolute Gasteiger partial charge is 0.306 e. The molecule has 4 nitrogen and oxygen atoms in total. The van der Waals surface area contributed by atoms with Crippen molar-refractivity contribution in [2.24, 2.45) is 5.92 Å². The summed E-state index contributed by atoms with van der Waals surface area (Å²) in [6.07, 6.45) is 1.68. The van der Waals surface area contributed by atoms with Crippen LogP contribution in [0.2, 0.25) is 0 Å². The molecule has 0 aromatic rings. The minimum absolute atomic E-state index is 0.0299. The van der Waals surface area contributed by atoms with E-state index in [0.29, 0.717) is 0 Å². The number of carbonyl (C=O) groups excluding carboxylic acids is 1. The fourth-order valence-corrected chi connectivity index (χ4v) is 2.46. The molecule has 1 atom stereocenters. The van der Waals surface area contributed by atoms with E-state index in [-0.39, 0.29) is 24.1 Å². The predicted molar refractivity (Wildman–Crippen MR) is 43.0 cm³/mol. The van der Waals surface area contributed by atoms with Gasteiger partial charge in [-0.25, -0.2) is 8.42 Å². The first-order chi connectivity index (χ1) is 5.53. The van der Waals surface area contributed by atoms with Crippen LogP contribution in [0.5, 0.6) is 0 Å². The van der Waals surface area contributed by atoms with Gasteiger partial charge < -0.3 is 4.74 Å². The van der Waals surface area contributed by atoms with Crippen molar-refractivity contribution < 1.29 is 17.9 Å². The van der Waals surface area contributed by atoms with E-state index in [1.807, 2.05) is 0 Å². The highest BCUT2D eigenvalue weighted by atomic mass is 32.2. The van der Waals surface area contributed by atoms with Gasteiger partial charge in [0.2, 0.25) is 0 Å². The fourth-order valence-electron chi connectivity index (χ4n) is 1.06. The van der Waals surface area contributed by atoms with Crippen molar-refractivity contribution in [2.75, 3.05) is 12.9 Å². The van der Waals surface area contributed by atoms with Gasteiger partial charge in [-0.3, -0.25) is 4.79 Å². The Balaban J connectivity index is 2.51. The van der Waals surface area contributed by atoms with Crippen molar-refractivity contribution in [3.8, 4) is 0 Å². The van der Waals surface area contributed by atoms with Crippen LogP contribution < -0.4 is 0 Å². The largest absolute Gasteiger partial charge is 0.469 e. The molecule has 1 rings (SSSR count). The maximum Gasteiger partial charge on any atom is 0.306 e. The summed E-state index contributed by atoms with van der Waals surface area (Å²) in [5, 5.41) is 1.15. The third-order valence-electron chi connectivity index (χ3n) is 1.66. The first kappa shape index (κ1) is 9.25. The van der Waals surface area contributed by atoms with E-state index in [1.54, 1.807) is 0 Å². The minimum Gasteiger partial charge on any atom is -0.469 e. The predicted octanol–water partition coefficient (Wildman–Crippen LogP) is 0.108. The zero-order chi connectivity index (χ0) is 9.19. The summed E-state index contributed by atoms with van der Waals surface area (Å²) < 4.78 is 26.2. The molecule has 0 unspecified atom stereocenters. The molecule has 0 fully saturated rings. The van der Waals surface area contributed by atoms with Crippen molar-refractivity contribution in [3.05, 3.63) is 11.5 Å². The van der Waals surface area contributed by atoms with Crippen LogP contribution in [0.3, 0.4) is 0 Å². The Morgan fingerprint density at radius 2 is 2.33 bits per heavy atom. The fraction of sp³-hybridized carbons (Fsp3) is 0.571. The van der Waals surface area contributed by atoms with Crippen molar-refractivity contribution in [3.63, 3.8) is 0 Å². The van der Waals surface area contributed by atoms with Gasteiger partial charge in [-0.2, -0.15) is 0 Å². The van der Waals surface area contributed by atoms with Crippen LogP contribution in [-0.2, 0) is 19.4 Å².